The van der Waals surface area contributed by atoms with Crippen LogP contribution >= 0.6 is 0 Å². The number of anilines is 1. The Bertz CT molecular complexity index is 1630. The normalized spacial score (nSPS) is 13.7. The molecule has 7 nitrogen and oxygen atoms in total. The van der Waals surface area contributed by atoms with E-state index in [0.717, 1.165) is 64.2 Å². The molecule has 0 unspecified atom stereocenters. The van der Waals surface area contributed by atoms with Crippen LogP contribution in [0, 0.1) is 0 Å². The minimum absolute atomic E-state index is 0. The smallest absolute Gasteiger partial charge is 0.310 e. The zero-order chi connectivity index (χ0) is 28.7. The molecule has 8 heteroatoms. The second-order valence-electron chi connectivity index (χ2n) is 10.5. The maximum Gasteiger partial charge on any atom is 0.310 e. The van der Waals surface area contributed by atoms with Crippen molar-refractivity contribution >= 4 is 11.4 Å². The lowest BCUT2D eigenvalue weighted by Gasteiger charge is -2.22. The first-order chi connectivity index (χ1) is 20.7. The summed E-state index contributed by atoms with van der Waals surface area (Å²) in [5.74, 6) is 3.44. The average Bonchev–Trinajstić information content (AvgIpc) is 3.47. The summed E-state index contributed by atoms with van der Waals surface area (Å²) in [6.45, 7) is 0. The molecule has 1 N–H and O–H groups in total. The van der Waals surface area contributed by atoms with Crippen molar-refractivity contribution in [2.75, 3.05) is 19.6 Å². The van der Waals surface area contributed by atoms with Crippen LogP contribution in [-0.4, -0.2) is 29.7 Å². The van der Waals surface area contributed by atoms with E-state index < -0.39 is 0 Å². The molecular weight excluding hydrogens is 558 g/mol. The number of halogens is 1. The number of hydrogen-bond donors (Lipinski definition) is 1. The van der Waals surface area contributed by atoms with E-state index in [-0.39, 0.29) is 18.4 Å². The number of para-hydroxylation sites is 2. The number of nitrogens with zero attached hydrogens (tertiary/aromatic N) is 4. The summed E-state index contributed by atoms with van der Waals surface area (Å²) in [5, 5.41) is 10.4. The zero-order valence-corrected chi connectivity index (χ0v) is 25.2. The van der Waals surface area contributed by atoms with Crippen molar-refractivity contribution in [1.82, 2.24) is 9.78 Å². The topological polar surface area (TPSA) is 64.5 Å². The molecule has 5 aromatic rings. The summed E-state index contributed by atoms with van der Waals surface area (Å²) < 4.78 is 15.4. The third kappa shape index (κ3) is 6.57. The molecule has 0 amide bonds. The molecule has 0 atom stereocenters. The van der Waals surface area contributed by atoms with Gasteiger partial charge in [0.1, 0.15) is 17.2 Å². The highest BCUT2D eigenvalue weighted by Gasteiger charge is 2.37. The van der Waals surface area contributed by atoms with Gasteiger partial charge in [0.05, 0.1) is 36.6 Å². The Morgan fingerprint density at radius 3 is 1.95 bits per heavy atom. The second-order valence-corrected chi connectivity index (χ2v) is 10.5. The minimum Gasteiger partial charge on any atom is -1.00 e. The first kappa shape index (κ1) is 29.9. The number of aromatic nitrogens is 3. The number of hydrazone groups is 1. The summed E-state index contributed by atoms with van der Waals surface area (Å²) in [7, 11) is 3.38. The quantitative estimate of drug-likeness (QED) is 0.158. The third-order valence-corrected chi connectivity index (χ3v) is 7.79. The molecule has 43 heavy (non-hydrogen) atoms. The van der Waals surface area contributed by atoms with Crippen LogP contribution in [0.15, 0.2) is 114 Å². The molecule has 220 valence electrons. The van der Waals surface area contributed by atoms with E-state index in [1.807, 2.05) is 77.5 Å². The summed E-state index contributed by atoms with van der Waals surface area (Å²) >= 11 is 0. The maximum atomic E-state index is 5.49. The van der Waals surface area contributed by atoms with Crippen LogP contribution in [0.5, 0.6) is 11.5 Å². The fraction of sp³-hybridized carbons (Fsp3) is 0.229. The van der Waals surface area contributed by atoms with Gasteiger partial charge in [-0.05, 0) is 98.5 Å². The van der Waals surface area contributed by atoms with E-state index in [0.29, 0.717) is 0 Å². The van der Waals surface area contributed by atoms with Gasteiger partial charge in [-0.1, -0.05) is 47.5 Å². The number of hydrogen-bond acceptors (Lipinski definition) is 5. The lowest BCUT2D eigenvalue weighted by Crippen LogP contribution is -3.00. The number of rotatable bonds is 9. The Balaban J connectivity index is 0.00000368. The third-order valence-electron chi connectivity index (χ3n) is 7.79. The molecular formula is C35H36ClN5O2. The van der Waals surface area contributed by atoms with Gasteiger partial charge in [-0.3, -0.25) is 5.43 Å². The van der Waals surface area contributed by atoms with E-state index in [2.05, 4.69) is 46.4 Å². The lowest BCUT2D eigenvalue weighted by atomic mass is 9.94. The zero-order valence-electron chi connectivity index (χ0n) is 24.5. The van der Waals surface area contributed by atoms with Crippen LogP contribution in [0.2, 0.25) is 0 Å². The minimum atomic E-state index is 0. The largest absolute Gasteiger partial charge is 1.00 e. The Morgan fingerprint density at radius 1 is 0.767 bits per heavy atom. The van der Waals surface area contributed by atoms with E-state index in [9.17, 15) is 0 Å². The molecule has 0 aliphatic heterocycles. The first-order valence-electron chi connectivity index (χ1n) is 14.5. The Labute approximate surface area is 259 Å². The first-order valence-corrected chi connectivity index (χ1v) is 14.5. The molecule has 1 aliphatic carbocycles. The number of nitrogens with one attached hydrogen (secondary N) is 1. The number of methoxy groups -OCH3 is 2. The highest BCUT2D eigenvalue weighted by Crippen LogP contribution is 2.30. The van der Waals surface area contributed by atoms with Crippen LogP contribution in [0.25, 0.3) is 17.1 Å². The number of benzene rings is 4. The average molecular weight is 594 g/mol. The molecule has 0 spiro atoms. The van der Waals surface area contributed by atoms with Crippen molar-refractivity contribution < 1.29 is 26.4 Å². The summed E-state index contributed by atoms with van der Waals surface area (Å²) in [6, 6.07) is 36.9. The molecule has 1 aliphatic rings. The van der Waals surface area contributed by atoms with Crippen molar-refractivity contribution in [2.24, 2.45) is 5.10 Å². The van der Waals surface area contributed by atoms with E-state index in [1.165, 1.54) is 19.3 Å². The molecule has 0 bridgehead atoms. The van der Waals surface area contributed by atoms with Gasteiger partial charge in [0.15, 0.2) is 5.71 Å². The van der Waals surface area contributed by atoms with Gasteiger partial charge in [0, 0.05) is 5.56 Å². The van der Waals surface area contributed by atoms with E-state index >= 15 is 0 Å². The van der Waals surface area contributed by atoms with Crippen molar-refractivity contribution in [3.05, 3.63) is 121 Å². The molecule has 0 saturated heterocycles. The maximum absolute atomic E-state index is 5.49. The van der Waals surface area contributed by atoms with E-state index in [4.69, 9.17) is 19.7 Å². The molecule has 1 aromatic heterocycles. The van der Waals surface area contributed by atoms with Crippen LogP contribution in [0.4, 0.5) is 5.69 Å². The highest BCUT2D eigenvalue weighted by atomic mass is 35.5. The van der Waals surface area contributed by atoms with Gasteiger partial charge in [-0.25, -0.2) is 4.57 Å². The monoisotopic (exact) mass is 593 g/mol. The predicted molar refractivity (Wildman–Crippen MR) is 167 cm³/mol. The van der Waals surface area contributed by atoms with Crippen molar-refractivity contribution in [1.29, 1.82) is 0 Å². The number of ether oxygens (including phenoxy) is 2. The van der Waals surface area contributed by atoms with Crippen LogP contribution in [-0.2, 0) is 0 Å². The predicted octanol–water partition coefficient (Wildman–Crippen LogP) is 4.22. The van der Waals surface area contributed by atoms with Crippen molar-refractivity contribution in [3.63, 3.8) is 0 Å². The summed E-state index contributed by atoms with van der Waals surface area (Å²) in [6.07, 6.45) is 5.80. The Kier molecular flexibility index (Phi) is 9.74. The van der Waals surface area contributed by atoms with Crippen LogP contribution < -0.4 is 31.9 Å². The molecule has 0 radical (unpaired) electrons. The lowest BCUT2D eigenvalue weighted by molar-refractivity contribution is -0.717. The van der Waals surface area contributed by atoms with Crippen LogP contribution in [0.3, 0.4) is 0 Å². The standard InChI is InChI=1S/C35H35N5O2.ClH/c1-41-31-22-18-26(19-23-31)33(37-36-28-12-6-3-7-13-28)35-39(29-14-8-4-9-15-29)34(27-20-24-32(42-2)25-21-27)38-40(35)30-16-10-5-11-17-30;/h3,5-7,10-13,16-25,29H,4,8-9,14-15H2,1-2H3;1H. The second kappa shape index (κ2) is 14.0. The molecule has 1 fully saturated rings. The summed E-state index contributed by atoms with van der Waals surface area (Å²) in [4.78, 5) is 0. The van der Waals surface area contributed by atoms with Gasteiger partial charge in [0.25, 0.3) is 5.82 Å². The van der Waals surface area contributed by atoms with Crippen LogP contribution in [0.1, 0.15) is 49.5 Å². The Morgan fingerprint density at radius 2 is 1.35 bits per heavy atom. The Hall–Kier alpha value is -4.62. The molecule has 1 saturated carbocycles. The molecule has 4 aromatic carbocycles. The van der Waals surface area contributed by atoms with Gasteiger partial charge >= 0.3 is 5.82 Å². The van der Waals surface area contributed by atoms with Gasteiger partial charge in [-0.15, -0.1) is 0 Å². The summed E-state index contributed by atoms with van der Waals surface area (Å²) in [5.41, 5.74) is 8.00. The van der Waals surface area contributed by atoms with E-state index in [1.54, 1.807) is 14.2 Å². The van der Waals surface area contributed by atoms with Gasteiger partial charge in [-0.2, -0.15) is 5.10 Å². The fourth-order valence-corrected chi connectivity index (χ4v) is 5.60. The molecule has 6 rings (SSSR count). The van der Waals surface area contributed by atoms with Gasteiger partial charge < -0.3 is 21.9 Å². The highest BCUT2D eigenvalue weighted by molar-refractivity contribution is 6.10. The van der Waals surface area contributed by atoms with Gasteiger partial charge in [0.2, 0.25) is 0 Å². The van der Waals surface area contributed by atoms with Crippen molar-refractivity contribution in [2.45, 2.75) is 38.1 Å². The fourth-order valence-electron chi connectivity index (χ4n) is 5.60. The molecule has 1 heterocycles. The SMILES string of the molecule is COc1ccc(/C(=N\Nc2ccccc2)c2n(-c3ccccc3)nc(-c3ccc(OC)cc3)[n+]2C2CCCCC2)cc1.[Cl-]. The van der Waals surface area contributed by atoms with Crippen molar-refractivity contribution in [3.8, 4) is 28.6 Å².